The predicted molar refractivity (Wildman–Crippen MR) is 88.6 cm³/mol. The first kappa shape index (κ1) is 15.7. The fourth-order valence-corrected chi connectivity index (χ4v) is 2.33. The lowest BCUT2D eigenvalue weighted by atomic mass is 10.1. The van der Waals surface area contributed by atoms with Gasteiger partial charge in [0.05, 0.1) is 18.0 Å². The van der Waals surface area contributed by atoms with Crippen molar-refractivity contribution in [3.8, 4) is 11.8 Å². The Hall–Kier alpha value is -3.17. The predicted octanol–water partition coefficient (Wildman–Crippen LogP) is 2.92. The minimum atomic E-state index is -0.818. The molecule has 1 aromatic carbocycles. The lowest BCUT2D eigenvalue weighted by Gasteiger charge is -2.09. The summed E-state index contributed by atoms with van der Waals surface area (Å²) in [7, 11) is 0. The average Bonchev–Trinajstić information content (AvgIpc) is 3.10. The number of carbonyl (C=O) groups excluding carboxylic acids is 1. The average molecular weight is 338 g/mol. The highest BCUT2D eigenvalue weighted by Crippen LogP contribution is 2.15. The molecule has 24 heavy (non-hydrogen) atoms. The molecule has 3 rings (SSSR count). The molecule has 1 amide bonds. The van der Waals surface area contributed by atoms with Crippen molar-refractivity contribution in [1.82, 2.24) is 20.1 Å². The number of aromatic nitrogens is 3. The van der Waals surface area contributed by atoms with Crippen molar-refractivity contribution >= 4 is 17.5 Å². The number of nitriles is 1. The van der Waals surface area contributed by atoms with Crippen LogP contribution < -0.4 is 5.32 Å². The molecule has 118 valence electrons. The van der Waals surface area contributed by atoms with E-state index in [0.29, 0.717) is 11.1 Å². The van der Waals surface area contributed by atoms with E-state index in [1.165, 1.54) is 18.3 Å². The molecule has 0 fully saturated rings. The molecule has 0 aliphatic carbocycles. The number of rotatable bonds is 4. The molecule has 0 bridgehead atoms. The van der Waals surface area contributed by atoms with Crippen LogP contribution in [0.3, 0.4) is 0 Å². The third-order valence-electron chi connectivity index (χ3n) is 3.35. The van der Waals surface area contributed by atoms with Gasteiger partial charge in [0.15, 0.2) is 0 Å². The van der Waals surface area contributed by atoms with E-state index in [2.05, 4.69) is 21.5 Å². The standard InChI is InChI=1S/C17H12ClN5O/c18-16-8-12(6-7-20-16)17(24)22-15(9-19)13-10-21-23(11-13)14-4-2-1-3-5-14/h1-8,10-11,15H,(H,22,24)/t15-/m1/s1. The van der Waals surface area contributed by atoms with Crippen LogP contribution in [0.25, 0.3) is 5.69 Å². The fraction of sp³-hybridized carbons (Fsp3) is 0.0588. The number of benzene rings is 1. The molecule has 3 aromatic rings. The molecule has 1 atom stereocenters. The van der Waals surface area contributed by atoms with Crippen molar-refractivity contribution < 1.29 is 4.79 Å². The van der Waals surface area contributed by atoms with Crippen molar-refractivity contribution in [2.24, 2.45) is 0 Å². The van der Waals surface area contributed by atoms with Crippen LogP contribution in [0.5, 0.6) is 0 Å². The summed E-state index contributed by atoms with van der Waals surface area (Å²) in [5, 5.41) is 16.5. The van der Waals surface area contributed by atoms with E-state index < -0.39 is 11.9 Å². The molecule has 1 N–H and O–H groups in total. The first-order valence-corrected chi connectivity index (χ1v) is 7.47. The van der Waals surface area contributed by atoms with Crippen LogP contribution in [0.15, 0.2) is 61.1 Å². The Morgan fingerprint density at radius 3 is 2.79 bits per heavy atom. The lowest BCUT2D eigenvalue weighted by Crippen LogP contribution is -2.27. The third-order valence-corrected chi connectivity index (χ3v) is 3.56. The maximum absolute atomic E-state index is 12.2. The van der Waals surface area contributed by atoms with Crippen LogP contribution in [-0.4, -0.2) is 20.7 Å². The number of carbonyl (C=O) groups is 1. The van der Waals surface area contributed by atoms with E-state index >= 15 is 0 Å². The summed E-state index contributed by atoms with van der Waals surface area (Å²) in [5.74, 6) is -0.404. The summed E-state index contributed by atoms with van der Waals surface area (Å²) in [6.07, 6.45) is 4.70. The third kappa shape index (κ3) is 3.42. The van der Waals surface area contributed by atoms with Gasteiger partial charge in [-0.05, 0) is 24.3 Å². The number of hydrogen-bond acceptors (Lipinski definition) is 4. The first-order chi connectivity index (χ1) is 11.7. The molecule has 0 aliphatic rings. The van der Waals surface area contributed by atoms with Gasteiger partial charge in [0.2, 0.25) is 0 Å². The molecule has 6 nitrogen and oxygen atoms in total. The van der Waals surface area contributed by atoms with E-state index in [4.69, 9.17) is 11.6 Å². The van der Waals surface area contributed by atoms with E-state index in [9.17, 15) is 10.1 Å². The van der Waals surface area contributed by atoms with Crippen LogP contribution in [0.4, 0.5) is 0 Å². The molecule has 2 heterocycles. The normalized spacial score (nSPS) is 11.5. The van der Waals surface area contributed by atoms with Gasteiger partial charge in [-0.1, -0.05) is 29.8 Å². The Morgan fingerprint density at radius 1 is 1.29 bits per heavy atom. The quantitative estimate of drug-likeness (QED) is 0.742. The lowest BCUT2D eigenvalue weighted by molar-refractivity contribution is 0.0945. The van der Waals surface area contributed by atoms with Gasteiger partial charge in [-0.15, -0.1) is 0 Å². The maximum Gasteiger partial charge on any atom is 0.252 e. The number of pyridine rings is 1. The van der Waals surface area contributed by atoms with Gasteiger partial charge in [0.1, 0.15) is 11.2 Å². The van der Waals surface area contributed by atoms with Gasteiger partial charge in [-0.25, -0.2) is 9.67 Å². The summed E-state index contributed by atoms with van der Waals surface area (Å²) in [6.45, 7) is 0. The number of hydrogen-bond donors (Lipinski definition) is 1. The van der Waals surface area contributed by atoms with Crippen LogP contribution in [0, 0.1) is 11.3 Å². The maximum atomic E-state index is 12.2. The van der Waals surface area contributed by atoms with Crippen LogP contribution in [0.1, 0.15) is 22.0 Å². The van der Waals surface area contributed by atoms with Crippen molar-refractivity contribution in [2.75, 3.05) is 0 Å². The second kappa shape index (κ2) is 6.94. The van der Waals surface area contributed by atoms with Crippen molar-refractivity contribution in [2.45, 2.75) is 6.04 Å². The van der Waals surface area contributed by atoms with Gasteiger partial charge < -0.3 is 5.32 Å². The highest BCUT2D eigenvalue weighted by Gasteiger charge is 2.17. The van der Waals surface area contributed by atoms with Crippen LogP contribution in [0.2, 0.25) is 5.15 Å². The Labute approximate surface area is 143 Å². The van der Waals surface area contributed by atoms with E-state index in [1.807, 2.05) is 30.3 Å². The minimum Gasteiger partial charge on any atom is -0.332 e. The number of amides is 1. The van der Waals surface area contributed by atoms with Gasteiger partial charge in [0, 0.05) is 23.5 Å². The number of nitrogens with one attached hydrogen (secondary N) is 1. The minimum absolute atomic E-state index is 0.216. The topological polar surface area (TPSA) is 83.6 Å². The first-order valence-electron chi connectivity index (χ1n) is 7.09. The van der Waals surface area contributed by atoms with Crippen molar-refractivity contribution in [3.05, 3.63) is 77.3 Å². The van der Waals surface area contributed by atoms with Gasteiger partial charge in [-0.3, -0.25) is 4.79 Å². The highest BCUT2D eigenvalue weighted by atomic mass is 35.5. The van der Waals surface area contributed by atoms with Crippen LogP contribution in [-0.2, 0) is 0 Å². The van der Waals surface area contributed by atoms with Gasteiger partial charge in [-0.2, -0.15) is 10.4 Å². The molecular weight excluding hydrogens is 326 g/mol. The molecule has 0 aliphatic heterocycles. The summed E-state index contributed by atoms with van der Waals surface area (Å²) >= 11 is 5.78. The molecule has 0 saturated heterocycles. The zero-order valence-corrected chi connectivity index (χ0v) is 13.2. The Kier molecular flexibility index (Phi) is 4.54. The summed E-state index contributed by atoms with van der Waals surface area (Å²) in [6, 6.07) is 13.7. The molecule has 7 heteroatoms. The largest absolute Gasteiger partial charge is 0.332 e. The molecule has 0 spiro atoms. The van der Waals surface area contributed by atoms with Crippen LogP contribution >= 0.6 is 11.6 Å². The summed E-state index contributed by atoms with van der Waals surface area (Å²) < 4.78 is 1.65. The molecule has 2 aromatic heterocycles. The number of nitrogens with zero attached hydrogens (tertiary/aromatic N) is 4. The number of para-hydroxylation sites is 1. The summed E-state index contributed by atoms with van der Waals surface area (Å²) in [5.41, 5.74) is 1.80. The van der Waals surface area contributed by atoms with Crippen molar-refractivity contribution in [3.63, 3.8) is 0 Å². The Bertz CT molecular complexity index is 901. The smallest absolute Gasteiger partial charge is 0.252 e. The van der Waals surface area contributed by atoms with Crippen molar-refractivity contribution in [1.29, 1.82) is 5.26 Å². The monoisotopic (exact) mass is 337 g/mol. The Morgan fingerprint density at radius 2 is 2.08 bits per heavy atom. The second-order valence-electron chi connectivity index (χ2n) is 4.96. The molecular formula is C17H12ClN5O. The summed E-state index contributed by atoms with van der Waals surface area (Å²) in [4.78, 5) is 16.1. The van der Waals surface area contributed by atoms with E-state index in [-0.39, 0.29) is 5.15 Å². The zero-order valence-electron chi connectivity index (χ0n) is 12.4. The molecule has 0 unspecified atom stereocenters. The van der Waals surface area contributed by atoms with Gasteiger partial charge >= 0.3 is 0 Å². The molecule has 0 saturated carbocycles. The van der Waals surface area contributed by atoms with E-state index in [0.717, 1.165) is 5.69 Å². The van der Waals surface area contributed by atoms with E-state index in [1.54, 1.807) is 17.1 Å². The zero-order chi connectivity index (χ0) is 16.9. The van der Waals surface area contributed by atoms with Gasteiger partial charge in [0.25, 0.3) is 5.91 Å². The fourth-order valence-electron chi connectivity index (χ4n) is 2.16. The molecule has 0 radical (unpaired) electrons. The highest BCUT2D eigenvalue weighted by molar-refractivity contribution is 6.29. The Balaban J connectivity index is 1.79. The second-order valence-corrected chi connectivity index (χ2v) is 5.34. The SMILES string of the molecule is N#C[C@@H](NC(=O)c1ccnc(Cl)c1)c1cnn(-c2ccccc2)c1. The number of halogens is 1.